The lowest BCUT2D eigenvalue weighted by Gasteiger charge is -2.26. The number of nitrogens with one attached hydrogen (secondary N) is 1. The molecule has 2 heterocycles. The molecule has 0 radical (unpaired) electrons. The fraction of sp³-hybridized carbons (Fsp3) is 0.400. The van der Waals surface area contributed by atoms with Crippen LogP contribution in [0.5, 0.6) is 0 Å². The van der Waals surface area contributed by atoms with Gasteiger partial charge in [0, 0.05) is 11.5 Å². The minimum atomic E-state index is -0.0889. The lowest BCUT2D eigenvalue weighted by Crippen LogP contribution is -2.48. The first kappa shape index (κ1) is 10.3. The summed E-state index contributed by atoms with van der Waals surface area (Å²) in [6.45, 7) is 3.18. The number of aryl methyl sites for hydroxylation is 1. The maximum Gasteiger partial charge on any atom is 0.244 e. The molecule has 0 spiro atoms. The van der Waals surface area contributed by atoms with E-state index in [-0.39, 0.29) is 11.9 Å². The van der Waals surface area contributed by atoms with Crippen molar-refractivity contribution in [1.82, 2.24) is 10.3 Å². The van der Waals surface area contributed by atoms with Gasteiger partial charge in [0.15, 0.2) is 0 Å². The predicted octanol–water partition coefficient (Wildman–Crippen LogP) is 0.980. The predicted molar refractivity (Wildman–Crippen MR) is 58.6 cm³/mol. The Labute approximate surface area is 92.0 Å². The monoisotopic (exact) mass is 224 g/mol. The molecule has 1 saturated heterocycles. The Bertz CT molecular complexity index is 383. The molecule has 1 aliphatic rings. The lowest BCUT2D eigenvalue weighted by atomic mass is 10.2. The van der Waals surface area contributed by atoms with Crippen molar-refractivity contribution >= 4 is 23.3 Å². The van der Waals surface area contributed by atoms with Crippen molar-refractivity contribution in [3.8, 4) is 0 Å². The Morgan fingerprint density at radius 3 is 3.07 bits per heavy atom. The van der Waals surface area contributed by atoms with Crippen LogP contribution >= 0.6 is 11.3 Å². The van der Waals surface area contributed by atoms with Gasteiger partial charge in [-0.1, -0.05) is 0 Å². The van der Waals surface area contributed by atoms with Crippen LogP contribution < -0.4 is 5.32 Å². The SMILES string of the molecule is Cc1nc(C=CC(=O)NC2COC2)cs1. The first-order valence-corrected chi connectivity index (χ1v) is 5.60. The van der Waals surface area contributed by atoms with Gasteiger partial charge in [0.1, 0.15) is 0 Å². The molecule has 0 atom stereocenters. The summed E-state index contributed by atoms with van der Waals surface area (Å²) in [6, 6.07) is 0.180. The first-order chi connectivity index (χ1) is 7.24. The standard InChI is InChI=1S/C10H12N2O2S/c1-7-11-8(6-15-7)2-3-10(13)12-9-4-14-5-9/h2-3,6,9H,4-5H2,1H3,(H,12,13). The van der Waals surface area contributed by atoms with Crippen LogP contribution in [0.1, 0.15) is 10.7 Å². The van der Waals surface area contributed by atoms with Crippen LogP contribution in [0.3, 0.4) is 0 Å². The largest absolute Gasteiger partial charge is 0.377 e. The number of hydrogen-bond acceptors (Lipinski definition) is 4. The van der Waals surface area contributed by atoms with E-state index < -0.39 is 0 Å². The Kier molecular flexibility index (Phi) is 3.13. The van der Waals surface area contributed by atoms with Gasteiger partial charge in [-0.15, -0.1) is 11.3 Å². The number of nitrogens with zero attached hydrogens (tertiary/aromatic N) is 1. The highest BCUT2D eigenvalue weighted by molar-refractivity contribution is 7.09. The molecule has 0 unspecified atom stereocenters. The van der Waals surface area contributed by atoms with Crippen molar-refractivity contribution in [2.24, 2.45) is 0 Å². The van der Waals surface area contributed by atoms with Gasteiger partial charge in [-0.05, 0) is 13.0 Å². The van der Waals surface area contributed by atoms with Crippen LogP contribution in [0.2, 0.25) is 0 Å². The van der Waals surface area contributed by atoms with Crippen molar-refractivity contribution in [1.29, 1.82) is 0 Å². The van der Waals surface area contributed by atoms with Gasteiger partial charge in [0.2, 0.25) is 5.91 Å². The topological polar surface area (TPSA) is 51.2 Å². The fourth-order valence-electron chi connectivity index (χ4n) is 1.19. The lowest BCUT2D eigenvalue weighted by molar-refractivity contribution is -0.120. The van der Waals surface area contributed by atoms with Crippen LogP contribution in [-0.2, 0) is 9.53 Å². The summed E-state index contributed by atoms with van der Waals surface area (Å²) in [5.74, 6) is -0.0889. The zero-order chi connectivity index (χ0) is 10.7. The molecule has 1 aliphatic heterocycles. The number of hydrogen-bond donors (Lipinski definition) is 1. The van der Waals surface area contributed by atoms with Crippen LogP contribution in [0.25, 0.3) is 6.08 Å². The van der Waals surface area contributed by atoms with E-state index in [4.69, 9.17) is 4.74 Å². The molecule has 0 aliphatic carbocycles. The Morgan fingerprint density at radius 2 is 2.53 bits per heavy atom. The van der Waals surface area contributed by atoms with Crippen LogP contribution in [0, 0.1) is 6.92 Å². The van der Waals surface area contributed by atoms with Crippen LogP contribution in [0.15, 0.2) is 11.5 Å². The quantitative estimate of drug-likeness (QED) is 0.779. The summed E-state index contributed by atoms with van der Waals surface area (Å²) in [5.41, 5.74) is 0.831. The number of ether oxygens (including phenoxy) is 1. The van der Waals surface area contributed by atoms with Crippen molar-refractivity contribution in [2.45, 2.75) is 13.0 Å². The van der Waals surface area contributed by atoms with Gasteiger partial charge in [0.25, 0.3) is 0 Å². The molecule has 5 heteroatoms. The Hall–Kier alpha value is -1.20. The molecular formula is C10H12N2O2S. The van der Waals surface area contributed by atoms with E-state index in [1.54, 1.807) is 17.4 Å². The molecular weight excluding hydrogens is 212 g/mol. The molecule has 1 fully saturated rings. The second-order valence-electron chi connectivity index (χ2n) is 3.37. The van der Waals surface area contributed by atoms with Crippen molar-refractivity contribution in [3.63, 3.8) is 0 Å². The highest BCUT2D eigenvalue weighted by atomic mass is 32.1. The zero-order valence-corrected chi connectivity index (χ0v) is 9.21. The Balaban J connectivity index is 1.84. The number of carbonyl (C=O) groups excluding carboxylic acids is 1. The van der Waals surface area contributed by atoms with Crippen molar-refractivity contribution < 1.29 is 9.53 Å². The molecule has 0 saturated carbocycles. The van der Waals surface area contributed by atoms with E-state index in [0.29, 0.717) is 13.2 Å². The molecule has 0 bridgehead atoms. The number of aromatic nitrogens is 1. The molecule has 4 nitrogen and oxygen atoms in total. The van der Waals surface area contributed by atoms with E-state index in [9.17, 15) is 4.79 Å². The first-order valence-electron chi connectivity index (χ1n) is 4.72. The van der Waals surface area contributed by atoms with Gasteiger partial charge in [-0.3, -0.25) is 4.79 Å². The minimum absolute atomic E-state index is 0.0889. The number of amides is 1. The van der Waals surface area contributed by atoms with Gasteiger partial charge in [0.05, 0.1) is 30.0 Å². The van der Waals surface area contributed by atoms with E-state index in [2.05, 4.69) is 10.3 Å². The maximum absolute atomic E-state index is 11.3. The Morgan fingerprint density at radius 1 is 1.73 bits per heavy atom. The summed E-state index contributed by atoms with van der Waals surface area (Å²) in [4.78, 5) is 15.6. The minimum Gasteiger partial charge on any atom is -0.377 e. The summed E-state index contributed by atoms with van der Waals surface area (Å²) in [6.07, 6.45) is 3.23. The summed E-state index contributed by atoms with van der Waals surface area (Å²) < 4.78 is 4.95. The third-order valence-corrected chi connectivity index (χ3v) is 2.82. The third kappa shape index (κ3) is 2.87. The second-order valence-corrected chi connectivity index (χ2v) is 4.43. The van der Waals surface area contributed by atoms with Crippen LogP contribution in [-0.4, -0.2) is 30.1 Å². The van der Waals surface area contributed by atoms with Crippen molar-refractivity contribution in [3.05, 3.63) is 22.2 Å². The van der Waals surface area contributed by atoms with Gasteiger partial charge < -0.3 is 10.1 Å². The summed E-state index contributed by atoms with van der Waals surface area (Å²) >= 11 is 1.57. The van der Waals surface area contributed by atoms with E-state index in [1.165, 1.54) is 6.08 Å². The molecule has 1 aromatic heterocycles. The molecule has 80 valence electrons. The molecule has 15 heavy (non-hydrogen) atoms. The number of carbonyl (C=O) groups is 1. The zero-order valence-electron chi connectivity index (χ0n) is 8.40. The average molecular weight is 224 g/mol. The molecule has 2 rings (SSSR count). The second kappa shape index (κ2) is 4.55. The van der Waals surface area contributed by atoms with E-state index in [1.807, 2.05) is 12.3 Å². The van der Waals surface area contributed by atoms with Crippen molar-refractivity contribution in [2.75, 3.05) is 13.2 Å². The van der Waals surface area contributed by atoms with Gasteiger partial charge in [-0.2, -0.15) is 0 Å². The molecule has 1 N–H and O–H groups in total. The fourth-order valence-corrected chi connectivity index (χ4v) is 1.77. The number of rotatable bonds is 3. The maximum atomic E-state index is 11.3. The number of thiazole rings is 1. The van der Waals surface area contributed by atoms with E-state index in [0.717, 1.165) is 10.7 Å². The average Bonchev–Trinajstić information content (AvgIpc) is 2.55. The highest BCUT2D eigenvalue weighted by Gasteiger charge is 2.18. The summed E-state index contributed by atoms with van der Waals surface area (Å²) in [5, 5.41) is 5.74. The molecule has 1 amide bonds. The molecule has 0 aromatic carbocycles. The normalized spacial score (nSPS) is 16.6. The molecule has 1 aromatic rings. The van der Waals surface area contributed by atoms with Gasteiger partial charge in [-0.25, -0.2) is 4.98 Å². The summed E-state index contributed by atoms with van der Waals surface area (Å²) in [7, 11) is 0. The highest BCUT2D eigenvalue weighted by Crippen LogP contribution is 2.09. The third-order valence-electron chi connectivity index (χ3n) is 2.03. The van der Waals surface area contributed by atoms with E-state index >= 15 is 0 Å². The van der Waals surface area contributed by atoms with Gasteiger partial charge >= 0.3 is 0 Å². The smallest absolute Gasteiger partial charge is 0.244 e. The van der Waals surface area contributed by atoms with Crippen LogP contribution in [0.4, 0.5) is 0 Å².